The highest BCUT2D eigenvalue weighted by molar-refractivity contribution is 4.79. The van der Waals surface area contributed by atoms with Crippen LogP contribution in [0.3, 0.4) is 0 Å². The molecule has 1 aliphatic heterocycles. The molecule has 11 heavy (non-hydrogen) atoms. The minimum atomic E-state index is 0.978. The van der Waals surface area contributed by atoms with Gasteiger partial charge in [0.05, 0.1) is 0 Å². The lowest BCUT2D eigenvalue weighted by molar-refractivity contribution is 0.265. The van der Waals surface area contributed by atoms with Crippen LogP contribution in [0.15, 0.2) is 0 Å². The fraction of sp³-hybridized carbons (Fsp3) is 1.00. The van der Waals surface area contributed by atoms with Gasteiger partial charge in [0.25, 0.3) is 0 Å². The Morgan fingerprint density at radius 3 is 2.18 bits per heavy atom. The first-order chi connectivity index (χ1) is 5.47. The Hall–Kier alpha value is -0.0400. The van der Waals surface area contributed by atoms with Gasteiger partial charge in [0.2, 0.25) is 0 Å². The molecule has 1 heterocycles. The summed E-state index contributed by atoms with van der Waals surface area (Å²) in [5, 5.41) is 4.50. The van der Waals surface area contributed by atoms with E-state index in [2.05, 4.69) is 5.32 Å². The van der Waals surface area contributed by atoms with Crippen LogP contribution in [-0.2, 0) is 0 Å². The van der Waals surface area contributed by atoms with E-state index in [1.54, 1.807) is 0 Å². The first kappa shape index (κ1) is 7.60. The monoisotopic (exact) mass is 152 g/mol. The highest BCUT2D eigenvalue weighted by Gasteiger charge is 2.26. The van der Waals surface area contributed by atoms with Crippen LogP contribution in [0.2, 0.25) is 0 Å². The second-order valence-corrected chi connectivity index (χ2v) is 4.08. The largest absolute Gasteiger partial charge is 0.241 e. The fourth-order valence-electron chi connectivity index (χ4n) is 2.63. The van der Waals surface area contributed by atoms with Crippen LogP contribution in [0.25, 0.3) is 0 Å². The van der Waals surface area contributed by atoms with Crippen LogP contribution < -0.4 is 5.32 Å². The number of hydrogen-bond acceptors (Lipinski definition) is 0. The molecule has 2 fully saturated rings. The van der Waals surface area contributed by atoms with Gasteiger partial charge in [-0.1, -0.05) is 25.7 Å². The van der Waals surface area contributed by atoms with Crippen LogP contribution in [0, 0.1) is 11.8 Å². The van der Waals surface area contributed by atoms with Gasteiger partial charge in [-0.3, -0.25) is 0 Å². The maximum absolute atomic E-state index is 4.50. The van der Waals surface area contributed by atoms with Crippen molar-refractivity contribution in [1.29, 1.82) is 0 Å². The molecule has 0 bridgehead atoms. The third-order valence-corrected chi connectivity index (χ3v) is 3.32. The molecule has 1 nitrogen and oxygen atoms in total. The minimum Gasteiger partial charge on any atom is -0.241 e. The lowest BCUT2D eigenvalue weighted by Gasteiger charge is -2.26. The van der Waals surface area contributed by atoms with Gasteiger partial charge in [-0.15, -0.1) is 0 Å². The summed E-state index contributed by atoms with van der Waals surface area (Å²) in [5.74, 6) is 2.03. The standard InChI is InChI=1S/C10H18N/c1-2-5-9(4-1)10-6-3-7-11-8-10/h9-10H,1-8H2. The van der Waals surface area contributed by atoms with Gasteiger partial charge in [-0.25, -0.2) is 5.32 Å². The van der Waals surface area contributed by atoms with Crippen molar-refractivity contribution in [2.75, 3.05) is 13.1 Å². The van der Waals surface area contributed by atoms with Crippen LogP contribution in [0.5, 0.6) is 0 Å². The van der Waals surface area contributed by atoms with Gasteiger partial charge in [-0.2, -0.15) is 0 Å². The number of hydrogen-bond donors (Lipinski definition) is 0. The maximum Gasteiger partial charge on any atom is 0.0164 e. The first-order valence-corrected chi connectivity index (χ1v) is 5.10. The van der Waals surface area contributed by atoms with E-state index in [1.165, 1.54) is 45.1 Å². The van der Waals surface area contributed by atoms with Crippen LogP contribution >= 0.6 is 0 Å². The number of nitrogens with zero attached hydrogens (tertiary/aromatic N) is 1. The zero-order valence-corrected chi connectivity index (χ0v) is 7.26. The predicted octanol–water partition coefficient (Wildman–Crippen LogP) is 2.19. The Morgan fingerprint density at radius 1 is 0.818 bits per heavy atom. The highest BCUT2D eigenvalue weighted by Crippen LogP contribution is 2.34. The average molecular weight is 152 g/mol. The molecule has 1 atom stereocenters. The molecular weight excluding hydrogens is 134 g/mol. The molecule has 1 aliphatic carbocycles. The molecule has 2 aliphatic rings. The van der Waals surface area contributed by atoms with Gasteiger partial charge >= 0.3 is 0 Å². The lowest BCUT2D eigenvalue weighted by Crippen LogP contribution is -2.28. The molecule has 0 aromatic heterocycles. The first-order valence-electron chi connectivity index (χ1n) is 5.10. The SMILES string of the molecule is C1CCC(C2CCC[N]C2)C1. The summed E-state index contributed by atoms with van der Waals surface area (Å²) in [7, 11) is 0. The number of rotatable bonds is 1. The quantitative estimate of drug-likeness (QED) is 0.547. The topological polar surface area (TPSA) is 14.1 Å². The Kier molecular flexibility index (Phi) is 2.47. The van der Waals surface area contributed by atoms with Crippen molar-refractivity contribution >= 4 is 0 Å². The van der Waals surface area contributed by atoms with Crippen molar-refractivity contribution < 1.29 is 0 Å². The highest BCUT2D eigenvalue weighted by atomic mass is 14.9. The molecule has 63 valence electrons. The van der Waals surface area contributed by atoms with Crippen molar-refractivity contribution in [3.05, 3.63) is 0 Å². The normalized spacial score (nSPS) is 34.4. The zero-order valence-electron chi connectivity index (χ0n) is 7.26. The second-order valence-electron chi connectivity index (χ2n) is 4.08. The van der Waals surface area contributed by atoms with E-state index in [1.807, 2.05) is 0 Å². The summed E-state index contributed by atoms with van der Waals surface area (Å²) >= 11 is 0. The van der Waals surface area contributed by atoms with E-state index in [9.17, 15) is 0 Å². The molecule has 2 rings (SSSR count). The second kappa shape index (κ2) is 3.57. The Balaban J connectivity index is 1.82. The Labute approximate surface area is 69.6 Å². The van der Waals surface area contributed by atoms with E-state index >= 15 is 0 Å². The molecule has 1 unspecified atom stereocenters. The van der Waals surface area contributed by atoms with Crippen molar-refractivity contribution in [2.45, 2.75) is 38.5 Å². The van der Waals surface area contributed by atoms with Crippen molar-refractivity contribution in [2.24, 2.45) is 11.8 Å². The molecular formula is C10H18N. The van der Waals surface area contributed by atoms with Crippen LogP contribution in [-0.4, -0.2) is 13.1 Å². The molecule has 1 heteroatoms. The van der Waals surface area contributed by atoms with Gasteiger partial charge in [-0.05, 0) is 24.7 Å². The van der Waals surface area contributed by atoms with Crippen LogP contribution in [0.1, 0.15) is 38.5 Å². The summed E-state index contributed by atoms with van der Waals surface area (Å²) in [4.78, 5) is 0. The molecule has 0 amide bonds. The molecule has 1 radical (unpaired) electrons. The molecule has 0 aromatic carbocycles. The molecule has 1 saturated heterocycles. The smallest absolute Gasteiger partial charge is 0.0164 e. The van der Waals surface area contributed by atoms with Crippen molar-refractivity contribution in [1.82, 2.24) is 5.32 Å². The molecule has 0 N–H and O–H groups in total. The Bertz CT molecular complexity index is 110. The van der Waals surface area contributed by atoms with Crippen LogP contribution in [0.4, 0.5) is 0 Å². The minimum absolute atomic E-state index is 0.978. The summed E-state index contributed by atoms with van der Waals surface area (Å²) < 4.78 is 0. The van der Waals surface area contributed by atoms with Crippen molar-refractivity contribution in [3.8, 4) is 0 Å². The maximum atomic E-state index is 4.50. The summed E-state index contributed by atoms with van der Waals surface area (Å²) in [6.07, 6.45) is 8.80. The molecule has 0 aromatic rings. The lowest BCUT2D eigenvalue weighted by atomic mass is 9.85. The summed E-state index contributed by atoms with van der Waals surface area (Å²) in [6.45, 7) is 2.33. The van der Waals surface area contributed by atoms with E-state index in [0.29, 0.717) is 0 Å². The van der Waals surface area contributed by atoms with Gasteiger partial charge in [0, 0.05) is 13.1 Å². The molecule has 1 saturated carbocycles. The van der Waals surface area contributed by atoms with Gasteiger partial charge < -0.3 is 0 Å². The zero-order chi connectivity index (χ0) is 7.52. The Morgan fingerprint density at radius 2 is 1.55 bits per heavy atom. The van der Waals surface area contributed by atoms with E-state index < -0.39 is 0 Å². The molecule has 0 spiro atoms. The number of piperidine rings is 1. The predicted molar refractivity (Wildman–Crippen MR) is 46.6 cm³/mol. The summed E-state index contributed by atoms with van der Waals surface area (Å²) in [5.41, 5.74) is 0. The summed E-state index contributed by atoms with van der Waals surface area (Å²) in [6, 6.07) is 0. The van der Waals surface area contributed by atoms with Gasteiger partial charge in [0.1, 0.15) is 0 Å². The van der Waals surface area contributed by atoms with Gasteiger partial charge in [0.15, 0.2) is 0 Å². The van der Waals surface area contributed by atoms with E-state index in [0.717, 1.165) is 18.4 Å². The van der Waals surface area contributed by atoms with E-state index in [4.69, 9.17) is 0 Å². The van der Waals surface area contributed by atoms with E-state index in [-0.39, 0.29) is 0 Å². The average Bonchev–Trinajstić information content (AvgIpc) is 2.58. The fourth-order valence-corrected chi connectivity index (χ4v) is 2.63. The third kappa shape index (κ3) is 1.76. The van der Waals surface area contributed by atoms with Crippen molar-refractivity contribution in [3.63, 3.8) is 0 Å². The third-order valence-electron chi connectivity index (χ3n) is 3.32.